The van der Waals surface area contributed by atoms with Gasteiger partial charge in [-0.05, 0) is 48.9 Å². The molecule has 0 spiro atoms. The minimum Gasteiger partial charge on any atom is -0.371 e. The molecule has 0 unspecified atom stereocenters. The summed E-state index contributed by atoms with van der Waals surface area (Å²) in [6.07, 6.45) is 6.12. The van der Waals surface area contributed by atoms with Gasteiger partial charge >= 0.3 is 0 Å². The van der Waals surface area contributed by atoms with Gasteiger partial charge in [0, 0.05) is 24.3 Å². The first-order chi connectivity index (χ1) is 11.3. The van der Waals surface area contributed by atoms with Crippen LogP contribution in [0.4, 0.5) is 5.69 Å². The summed E-state index contributed by atoms with van der Waals surface area (Å²) in [6, 6.07) is 8.22. The Bertz CT molecular complexity index is 841. The van der Waals surface area contributed by atoms with Crippen LogP contribution < -0.4 is 4.90 Å². The third-order valence-corrected chi connectivity index (χ3v) is 4.61. The lowest BCUT2D eigenvalue weighted by Gasteiger charge is -2.37. The summed E-state index contributed by atoms with van der Waals surface area (Å²) >= 11 is 0. The van der Waals surface area contributed by atoms with E-state index in [9.17, 15) is 0 Å². The summed E-state index contributed by atoms with van der Waals surface area (Å²) in [5.74, 6) is 0. The van der Waals surface area contributed by atoms with Crippen molar-refractivity contribution in [3.8, 4) is 23.4 Å². The van der Waals surface area contributed by atoms with Crippen LogP contribution in [0.1, 0.15) is 35.4 Å². The molecule has 0 bridgehead atoms. The van der Waals surface area contributed by atoms with E-state index in [4.69, 9.17) is 10.5 Å². The van der Waals surface area contributed by atoms with E-state index in [1.807, 2.05) is 12.1 Å². The zero-order chi connectivity index (χ0) is 15.8. The zero-order valence-corrected chi connectivity index (χ0v) is 12.7. The van der Waals surface area contributed by atoms with Crippen molar-refractivity contribution in [2.45, 2.75) is 25.7 Å². The van der Waals surface area contributed by atoms with Gasteiger partial charge in [-0.3, -0.25) is 0 Å². The van der Waals surface area contributed by atoms with Gasteiger partial charge in [-0.15, -0.1) is 0 Å². The average molecular weight is 301 g/mol. The van der Waals surface area contributed by atoms with Gasteiger partial charge in [0.05, 0.1) is 11.9 Å². The van der Waals surface area contributed by atoms with E-state index < -0.39 is 0 Å². The SMILES string of the molecule is N#Cc1ncc(-c2cc3c4c(c2)CCCN4CCC3)nc1C#N. The fraction of sp³-hybridized carbons (Fsp3) is 0.333. The van der Waals surface area contributed by atoms with E-state index in [1.165, 1.54) is 29.7 Å². The van der Waals surface area contributed by atoms with E-state index in [-0.39, 0.29) is 11.4 Å². The van der Waals surface area contributed by atoms with Crippen molar-refractivity contribution in [1.82, 2.24) is 9.97 Å². The largest absolute Gasteiger partial charge is 0.371 e. The summed E-state index contributed by atoms with van der Waals surface area (Å²) in [5.41, 5.74) is 5.99. The standard InChI is InChI=1S/C18H15N5/c19-9-15-16(10-20)22-17(11-21-15)14-7-12-3-1-5-23-6-2-4-13(8-14)18(12)23/h7-8,11H,1-6H2. The molecule has 0 saturated carbocycles. The molecule has 0 saturated heterocycles. The van der Waals surface area contributed by atoms with Crippen LogP contribution in [0.15, 0.2) is 18.3 Å². The Morgan fingerprint density at radius 2 is 1.61 bits per heavy atom. The molecule has 4 rings (SSSR count). The monoisotopic (exact) mass is 301 g/mol. The lowest BCUT2D eigenvalue weighted by molar-refractivity contribution is 0.634. The zero-order valence-electron chi connectivity index (χ0n) is 12.7. The molecule has 1 aromatic carbocycles. The Balaban J connectivity index is 1.85. The molecule has 2 aliphatic heterocycles. The Labute approximate surface area is 134 Å². The molecular formula is C18H15N5. The molecule has 23 heavy (non-hydrogen) atoms. The Morgan fingerprint density at radius 1 is 0.957 bits per heavy atom. The smallest absolute Gasteiger partial charge is 0.177 e. The highest BCUT2D eigenvalue weighted by atomic mass is 15.1. The summed E-state index contributed by atoms with van der Waals surface area (Å²) in [6.45, 7) is 2.29. The van der Waals surface area contributed by atoms with Crippen molar-refractivity contribution in [2.75, 3.05) is 18.0 Å². The molecule has 1 aromatic heterocycles. The highest BCUT2D eigenvalue weighted by Gasteiger charge is 2.24. The second-order valence-electron chi connectivity index (χ2n) is 6.01. The molecule has 112 valence electrons. The number of hydrogen-bond donors (Lipinski definition) is 0. The summed E-state index contributed by atoms with van der Waals surface area (Å²) in [4.78, 5) is 10.9. The molecule has 3 heterocycles. The molecule has 2 aromatic rings. The van der Waals surface area contributed by atoms with Crippen molar-refractivity contribution in [1.29, 1.82) is 10.5 Å². The molecule has 0 atom stereocenters. The Hall–Kier alpha value is -2.92. The van der Waals surface area contributed by atoms with Crippen LogP contribution in [0.3, 0.4) is 0 Å². The first kappa shape index (κ1) is 13.7. The van der Waals surface area contributed by atoms with Crippen LogP contribution in [0, 0.1) is 22.7 Å². The number of benzene rings is 1. The maximum atomic E-state index is 9.15. The van der Waals surface area contributed by atoms with Gasteiger partial charge in [0.1, 0.15) is 12.1 Å². The molecule has 2 aliphatic rings. The quantitative estimate of drug-likeness (QED) is 0.809. The van der Waals surface area contributed by atoms with E-state index in [0.29, 0.717) is 5.69 Å². The molecule has 0 N–H and O–H groups in total. The van der Waals surface area contributed by atoms with Crippen LogP contribution >= 0.6 is 0 Å². The van der Waals surface area contributed by atoms with E-state index in [0.717, 1.165) is 31.5 Å². The average Bonchev–Trinajstić information content (AvgIpc) is 2.61. The summed E-state index contributed by atoms with van der Waals surface area (Å²) in [5, 5.41) is 18.1. The number of aryl methyl sites for hydroxylation is 2. The number of nitriles is 2. The van der Waals surface area contributed by atoms with E-state index in [1.54, 1.807) is 6.20 Å². The molecular weight excluding hydrogens is 286 g/mol. The van der Waals surface area contributed by atoms with Crippen LogP contribution in [-0.2, 0) is 12.8 Å². The van der Waals surface area contributed by atoms with Gasteiger partial charge in [-0.25, -0.2) is 9.97 Å². The van der Waals surface area contributed by atoms with Crippen molar-refractivity contribution < 1.29 is 0 Å². The number of nitrogens with zero attached hydrogens (tertiary/aromatic N) is 5. The first-order valence-electron chi connectivity index (χ1n) is 7.88. The molecule has 5 nitrogen and oxygen atoms in total. The number of rotatable bonds is 1. The number of aromatic nitrogens is 2. The van der Waals surface area contributed by atoms with Crippen molar-refractivity contribution in [2.24, 2.45) is 0 Å². The molecule has 0 fully saturated rings. The van der Waals surface area contributed by atoms with Gasteiger partial charge in [-0.2, -0.15) is 10.5 Å². The summed E-state index contributed by atoms with van der Waals surface area (Å²) < 4.78 is 0. The highest BCUT2D eigenvalue weighted by molar-refractivity contribution is 5.72. The van der Waals surface area contributed by atoms with Gasteiger partial charge in [0.2, 0.25) is 0 Å². The minimum absolute atomic E-state index is 0.0849. The van der Waals surface area contributed by atoms with E-state index in [2.05, 4.69) is 27.0 Å². The van der Waals surface area contributed by atoms with Gasteiger partial charge in [0.25, 0.3) is 0 Å². The Morgan fingerprint density at radius 3 is 2.22 bits per heavy atom. The maximum absolute atomic E-state index is 9.15. The number of anilines is 1. The van der Waals surface area contributed by atoms with Crippen LogP contribution in [-0.4, -0.2) is 23.1 Å². The molecule has 5 heteroatoms. The maximum Gasteiger partial charge on any atom is 0.177 e. The second-order valence-corrected chi connectivity index (χ2v) is 6.01. The van der Waals surface area contributed by atoms with Gasteiger partial charge in [-0.1, -0.05) is 0 Å². The fourth-order valence-electron chi connectivity index (χ4n) is 3.64. The first-order valence-corrected chi connectivity index (χ1v) is 7.88. The highest BCUT2D eigenvalue weighted by Crippen LogP contribution is 2.38. The minimum atomic E-state index is 0.0849. The number of hydrogen-bond acceptors (Lipinski definition) is 5. The van der Waals surface area contributed by atoms with Crippen LogP contribution in [0.25, 0.3) is 11.3 Å². The topological polar surface area (TPSA) is 76.6 Å². The molecule has 0 amide bonds. The third-order valence-electron chi connectivity index (χ3n) is 4.61. The predicted molar refractivity (Wildman–Crippen MR) is 85.8 cm³/mol. The lowest BCUT2D eigenvalue weighted by atomic mass is 9.89. The lowest BCUT2D eigenvalue weighted by Crippen LogP contribution is -2.34. The van der Waals surface area contributed by atoms with Crippen molar-refractivity contribution >= 4 is 5.69 Å². The normalized spacial score (nSPS) is 15.5. The predicted octanol–water partition coefficient (Wildman–Crippen LogP) is 2.59. The third kappa shape index (κ3) is 2.22. The van der Waals surface area contributed by atoms with Crippen LogP contribution in [0.5, 0.6) is 0 Å². The summed E-state index contributed by atoms with van der Waals surface area (Å²) in [7, 11) is 0. The van der Waals surface area contributed by atoms with Crippen molar-refractivity contribution in [3.63, 3.8) is 0 Å². The van der Waals surface area contributed by atoms with Gasteiger partial charge < -0.3 is 4.90 Å². The Kier molecular flexibility index (Phi) is 3.20. The van der Waals surface area contributed by atoms with Crippen LogP contribution in [0.2, 0.25) is 0 Å². The molecule has 0 radical (unpaired) electrons. The second kappa shape index (κ2) is 5.37. The van der Waals surface area contributed by atoms with Gasteiger partial charge in [0.15, 0.2) is 11.4 Å². The van der Waals surface area contributed by atoms with E-state index >= 15 is 0 Å². The van der Waals surface area contributed by atoms with Crippen molar-refractivity contribution in [3.05, 3.63) is 40.8 Å². The molecule has 0 aliphatic carbocycles. The fourth-order valence-corrected chi connectivity index (χ4v) is 3.64.